The van der Waals surface area contributed by atoms with Crippen LogP contribution in [0, 0.1) is 0 Å². The van der Waals surface area contributed by atoms with Gasteiger partial charge in [-0.2, -0.15) is 0 Å². The van der Waals surface area contributed by atoms with Crippen molar-refractivity contribution in [3.05, 3.63) is 34.9 Å². The average Bonchev–Trinajstić information content (AvgIpc) is 2.67. The number of carbonyl (C=O) groups excluding carboxylic acids is 2. The van der Waals surface area contributed by atoms with Crippen LogP contribution < -0.4 is 5.32 Å². The molecule has 1 heterocycles. The number of nitrogens with one attached hydrogen (secondary N) is 1. The largest absolute Gasteiger partial charge is 0.304 e. The van der Waals surface area contributed by atoms with E-state index >= 15 is 0 Å². The maximum absolute atomic E-state index is 11.8. The molecule has 0 radical (unpaired) electrons. The molecule has 20 heavy (non-hydrogen) atoms. The van der Waals surface area contributed by atoms with Crippen LogP contribution in [0.2, 0.25) is 5.02 Å². The first-order valence-corrected chi connectivity index (χ1v) is 7.14. The molecule has 0 fully saturated rings. The fourth-order valence-electron chi connectivity index (χ4n) is 1.95. The molecule has 106 valence electrons. The molecule has 0 unspecified atom stereocenters. The zero-order valence-corrected chi connectivity index (χ0v) is 12.9. The lowest BCUT2D eigenvalue weighted by Gasteiger charge is -2.31. The van der Waals surface area contributed by atoms with Gasteiger partial charge in [0, 0.05) is 18.9 Å². The van der Waals surface area contributed by atoms with Gasteiger partial charge in [0.25, 0.3) is 0 Å². The summed E-state index contributed by atoms with van der Waals surface area (Å²) in [5.41, 5.74) is 0.881. The maximum atomic E-state index is 11.8. The van der Waals surface area contributed by atoms with Crippen LogP contribution in [0.5, 0.6) is 0 Å². The van der Waals surface area contributed by atoms with Crippen molar-refractivity contribution in [2.24, 2.45) is 5.10 Å². The number of thioether (sulfide) groups is 1. The van der Waals surface area contributed by atoms with E-state index in [1.54, 1.807) is 12.1 Å². The third kappa shape index (κ3) is 2.81. The summed E-state index contributed by atoms with van der Waals surface area (Å²) >= 11 is 7.20. The quantitative estimate of drug-likeness (QED) is 0.867. The second-order valence-corrected chi connectivity index (χ2v) is 6.33. The summed E-state index contributed by atoms with van der Waals surface area (Å²) in [6, 6.07) is 7.21. The molecular weight excluding hydrogens is 298 g/mol. The number of rotatable bonds is 1. The maximum Gasteiger partial charge on any atom is 0.241 e. The fourth-order valence-corrected chi connectivity index (χ4v) is 3.28. The Morgan fingerprint density at radius 3 is 2.40 bits per heavy atom. The van der Waals surface area contributed by atoms with E-state index in [0.29, 0.717) is 10.2 Å². The number of benzene rings is 1. The number of amidine groups is 1. The molecule has 0 saturated heterocycles. The van der Waals surface area contributed by atoms with Gasteiger partial charge in [0.05, 0.1) is 0 Å². The van der Waals surface area contributed by atoms with Crippen molar-refractivity contribution in [1.29, 1.82) is 0 Å². The summed E-state index contributed by atoms with van der Waals surface area (Å²) < 4.78 is 0. The van der Waals surface area contributed by atoms with Crippen molar-refractivity contribution in [2.45, 2.75) is 25.6 Å². The van der Waals surface area contributed by atoms with Crippen molar-refractivity contribution in [2.75, 3.05) is 0 Å². The molecule has 0 spiro atoms. The standard InChI is InChI=1S/C13H14ClN3O2S/c1-8(18)15-12-16-17(9(2)19)13(3,20-12)10-4-6-11(14)7-5-10/h4-7H,1-3H3,(H,15,16,18)/t13-/m1/s1. The zero-order valence-electron chi connectivity index (χ0n) is 11.3. The number of carbonyl (C=O) groups is 2. The number of nitrogens with zero attached hydrogens (tertiary/aromatic N) is 2. The minimum absolute atomic E-state index is 0.199. The van der Waals surface area contributed by atoms with E-state index in [0.717, 1.165) is 5.56 Å². The molecule has 0 aliphatic carbocycles. The summed E-state index contributed by atoms with van der Waals surface area (Å²) in [5.74, 6) is -0.421. The molecule has 2 amide bonds. The molecule has 7 heteroatoms. The van der Waals surface area contributed by atoms with Gasteiger partial charge >= 0.3 is 0 Å². The number of amides is 2. The fraction of sp³-hybridized carbons (Fsp3) is 0.308. The van der Waals surface area contributed by atoms with Crippen molar-refractivity contribution in [1.82, 2.24) is 10.3 Å². The summed E-state index contributed by atoms with van der Waals surface area (Å²) in [7, 11) is 0. The van der Waals surface area contributed by atoms with E-state index < -0.39 is 4.87 Å². The highest BCUT2D eigenvalue weighted by molar-refractivity contribution is 8.14. The van der Waals surface area contributed by atoms with Gasteiger partial charge in [0.15, 0.2) is 5.17 Å². The normalized spacial score (nSPS) is 21.6. The van der Waals surface area contributed by atoms with Gasteiger partial charge in [-0.25, -0.2) is 5.01 Å². The zero-order chi connectivity index (χ0) is 14.9. The molecule has 2 rings (SSSR count). The van der Waals surface area contributed by atoms with E-state index in [4.69, 9.17) is 11.6 Å². The Kier molecular flexibility index (Phi) is 4.06. The molecule has 1 aliphatic heterocycles. The van der Waals surface area contributed by atoms with Crippen LogP contribution in [0.15, 0.2) is 29.4 Å². The van der Waals surface area contributed by atoms with Crippen LogP contribution >= 0.6 is 23.4 Å². The first-order valence-electron chi connectivity index (χ1n) is 5.95. The Morgan fingerprint density at radius 2 is 1.90 bits per heavy atom. The van der Waals surface area contributed by atoms with Gasteiger partial charge in [-0.05, 0) is 24.6 Å². The summed E-state index contributed by atoms with van der Waals surface area (Å²) in [4.78, 5) is 22.2. The van der Waals surface area contributed by atoms with E-state index in [1.807, 2.05) is 19.1 Å². The van der Waals surface area contributed by atoms with Crippen LogP contribution in [0.4, 0.5) is 0 Å². The molecule has 1 aliphatic rings. The van der Waals surface area contributed by atoms with Gasteiger partial charge in [-0.1, -0.05) is 35.5 Å². The van der Waals surface area contributed by atoms with Gasteiger partial charge in [-0.15, -0.1) is 5.10 Å². The first kappa shape index (κ1) is 14.9. The van der Waals surface area contributed by atoms with E-state index in [9.17, 15) is 9.59 Å². The SMILES string of the molecule is CC(=O)NC1=NN(C(C)=O)[C@@](C)(c2ccc(Cl)cc2)S1. The van der Waals surface area contributed by atoms with Crippen molar-refractivity contribution < 1.29 is 9.59 Å². The summed E-state index contributed by atoms with van der Waals surface area (Å²) in [6.07, 6.45) is 0. The molecule has 0 aromatic heterocycles. The molecule has 0 saturated carbocycles. The van der Waals surface area contributed by atoms with Gasteiger partial charge in [0.2, 0.25) is 11.8 Å². The lowest BCUT2D eigenvalue weighted by molar-refractivity contribution is -0.131. The Labute approximate surface area is 126 Å². The number of hydrazone groups is 1. The monoisotopic (exact) mass is 311 g/mol. The predicted octanol–water partition coefficient (Wildman–Crippen LogP) is 2.52. The Hall–Kier alpha value is -1.53. The van der Waals surface area contributed by atoms with Crippen molar-refractivity contribution in [3.8, 4) is 0 Å². The van der Waals surface area contributed by atoms with Crippen LogP contribution in [0.3, 0.4) is 0 Å². The third-order valence-corrected chi connectivity index (χ3v) is 4.29. The van der Waals surface area contributed by atoms with Gasteiger partial charge < -0.3 is 5.32 Å². The Morgan fingerprint density at radius 1 is 1.30 bits per heavy atom. The van der Waals surface area contributed by atoms with Crippen LogP contribution in [0.25, 0.3) is 0 Å². The molecule has 1 aromatic carbocycles. The van der Waals surface area contributed by atoms with Crippen molar-refractivity contribution >= 4 is 40.3 Å². The predicted molar refractivity (Wildman–Crippen MR) is 80.2 cm³/mol. The highest BCUT2D eigenvalue weighted by Crippen LogP contribution is 2.45. The van der Waals surface area contributed by atoms with Crippen LogP contribution in [-0.2, 0) is 14.5 Å². The molecule has 1 aromatic rings. The Balaban J connectivity index is 2.37. The lowest BCUT2D eigenvalue weighted by atomic mass is 10.1. The van der Waals surface area contributed by atoms with E-state index in [2.05, 4.69) is 10.4 Å². The topological polar surface area (TPSA) is 61.8 Å². The molecule has 1 atom stereocenters. The van der Waals surface area contributed by atoms with Gasteiger partial charge in [0.1, 0.15) is 4.87 Å². The second kappa shape index (κ2) is 5.46. The summed E-state index contributed by atoms with van der Waals surface area (Å²) in [5, 5.41) is 9.19. The number of halogens is 1. The average molecular weight is 312 g/mol. The van der Waals surface area contributed by atoms with E-state index in [-0.39, 0.29) is 11.8 Å². The van der Waals surface area contributed by atoms with Crippen molar-refractivity contribution in [3.63, 3.8) is 0 Å². The Bertz CT molecular complexity index is 588. The molecular formula is C13H14ClN3O2S. The number of hydrogen-bond acceptors (Lipinski definition) is 4. The highest BCUT2D eigenvalue weighted by atomic mass is 35.5. The van der Waals surface area contributed by atoms with Crippen LogP contribution in [0.1, 0.15) is 26.3 Å². The summed E-state index contributed by atoms with van der Waals surface area (Å²) in [6.45, 7) is 4.72. The molecule has 5 nitrogen and oxygen atoms in total. The smallest absolute Gasteiger partial charge is 0.241 e. The minimum Gasteiger partial charge on any atom is -0.304 e. The number of hydrogen-bond donors (Lipinski definition) is 1. The molecule has 0 bridgehead atoms. The lowest BCUT2D eigenvalue weighted by Crippen LogP contribution is -2.37. The van der Waals surface area contributed by atoms with Crippen LogP contribution in [-0.4, -0.2) is 22.0 Å². The highest BCUT2D eigenvalue weighted by Gasteiger charge is 2.43. The van der Waals surface area contributed by atoms with Gasteiger partial charge in [-0.3, -0.25) is 9.59 Å². The second-order valence-electron chi connectivity index (χ2n) is 4.51. The molecule has 1 N–H and O–H groups in total. The first-order chi connectivity index (χ1) is 9.33. The third-order valence-electron chi connectivity index (χ3n) is 2.85. The minimum atomic E-state index is -0.700. The van der Waals surface area contributed by atoms with E-state index in [1.165, 1.54) is 30.6 Å².